The molecular weight excluding hydrogens is 356 g/mol. The summed E-state index contributed by atoms with van der Waals surface area (Å²) < 4.78 is 5.81. The Morgan fingerprint density at radius 1 is 0.963 bits per heavy atom. The van der Waals surface area contributed by atoms with E-state index in [4.69, 9.17) is 10.00 Å². The fraction of sp³-hybridized carbons (Fsp3) is 0.0909. The molecule has 0 radical (unpaired) electrons. The molecule has 3 aromatic rings. The number of nitrogens with zero attached hydrogens (tertiary/aromatic N) is 1. The number of thioether (sulfide) groups is 1. The van der Waals surface area contributed by atoms with Gasteiger partial charge in [-0.25, -0.2) is 0 Å². The molecule has 0 aromatic heterocycles. The maximum Gasteiger partial charge on any atom is 0.230 e. The van der Waals surface area contributed by atoms with Gasteiger partial charge in [0, 0.05) is 11.4 Å². The molecule has 0 atom stereocenters. The Morgan fingerprint density at radius 3 is 2.44 bits per heavy atom. The van der Waals surface area contributed by atoms with Gasteiger partial charge in [-0.3, -0.25) is 4.79 Å². The summed E-state index contributed by atoms with van der Waals surface area (Å²) in [6.45, 7) is 0.443. The van der Waals surface area contributed by atoms with Crippen molar-refractivity contribution in [3.05, 3.63) is 90.0 Å². The quantitative estimate of drug-likeness (QED) is 0.606. The van der Waals surface area contributed by atoms with E-state index in [1.54, 1.807) is 12.1 Å². The summed E-state index contributed by atoms with van der Waals surface area (Å²) >= 11 is 1.44. The first-order chi connectivity index (χ1) is 13.2. The van der Waals surface area contributed by atoms with Gasteiger partial charge in [0.05, 0.1) is 17.4 Å². The second kappa shape index (κ2) is 9.46. The molecule has 0 aliphatic rings. The van der Waals surface area contributed by atoms with Gasteiger partial charge in [-0.1, -0.05) is 30.3 Å². The smallest absolute Gasteiger partial charge is 0.230 e. The molecule has 0 aliphatic heterocycles. The number of rotatable bonds is 7. The lowest BCUT2D eigenvalue weighted by Crippen LogP contribution is -2.24. The van der Waals surface area contributed by atoms with Gasteiger partial charge in [0.15, 0.2) is 0 Å². The van der Waals surface area contributed by atoms with E-state index in [2.05, 4.69) is 11.4 Å². The van der Waals surface area contributed by atoms with Gasteiger partial charge >= 0.3 is 0 Å². The zero-order valence-electron chi connectivity index (χ0n) is 14.6. The number of benzene rings is 3. The van der Waals surface area contributed by atoms with Crippen LogP contribution in [0.1, 0.15) is 11.1 Å². The Balaban J connectivity index is 1.48. The number of carbonyl (C=O) groups is 1. The predicted octanol–water partition coefficient (Wildman–Crippen LogP) is 4.76. The van der Waals surface area contributed by atoms with Crippen LogP contribution in [0.25, 0.3) is 0 Å². The molecule has 134 valence electrons. The second-order valence-corrected chi connectivity index (χ2v) is 6.81. The number of amides is 1. The third kappa shape index (κ3) is 5.91. The third-order valence-electron chi connectivity index (χ3n) is 3.72. The fourth-order valence-electron chi connectivity index (χ4n) is 2.37. The normalized spacial score (nSPS) is 10.0. The maximum atomic E-state index is 12.1. The SMILES string of the molecule is N#Cc1ccc(SCC(=O)NCc2cccc(Oc3ccccc3)c2)cc1. The Bertz CT molecular complexity index is 935. The number of hydrogen-bond acceptors (Lipinski definition) is 4. The largest absolute Gasteiger partial charge is 0.457 e. The molecule has 3 rings (SSSR count). The van der Waals surface area contributed by atoms with Gasteiger partial charge < -0.3 is 10.1 Å². The van der Waals surface area contributed by atoms with Gasteiger partial charge in [0.25, 0.3) is 0 Å². The van der Waals surface area contributed by atoms with Crippen molar-refractivity contribution in [3.8, 4) is 17.6 Å². The summed E-state index contributed by atoms with van der Waals surface area (Å²) in [4.78, 5) is 13.0. The lowest BCUT2D eigenvalue weighted by atomic mass is 10.2. The van der Waals surface area contributed by atoms with Gasteiger partial charge in [-0.2, -0.15) is 5.26 Å². The first-order valence-electron chi connectivity index (χ1n) is 8.44. The van der Waals surface area contributed by atoms with E-state index in [0.29, 0.717) is 17.9 Å². The molecule has 0 bridgehead atoms. The van der Waals surface area contributed by atoms with Crippen molar-refractivity contribution >= 4 is 17.7 Å². The van der Waals surface area contributed by atoms with Crippen molar-refractivity contribution in [1.29, 1.82) is 5.26 Å². The van der Waals surface area contributed by atoms with Crippen LogP contribution in [-0.4, -0.2) is 11.7 Å². The second-order valence-electron chi connectivity index (χ2n) is 5.76. The first-order valence-corrected chi connectivity index (χ1v) is 9.43. The van der Waals surface area contributed by atoms with Crippen LogP contribution in [-0.2, 0) is 11.3 Å². The fourth-order valence-corrected chi connectivity index (χ4v) is 3.10. The Hall–Kier alpha value is -3.23. The molecule has 27 heavy (non-hydrogen) atoms. The molecule has 0 saturated carbocycles. The van der Waals surface area contributed by atoms with Crippen molar-refractivity contribution in [3.63, 3.8) is 0 Å². The Kier molecular flexibility index (Phi) is 6.50. The monoisotopic (exact) mass is 374 g/mol. The summed E-state index contributed by atoms with van der Waals surface area (Å²) in [6.07, 6.45) is 0. The summed E-state index contributed by atoms with van der Waals surface area (Å²) in [5, 5.41) is 11.7. The van der Waals surface area contributed by atoms with Gasteiger partial charge in [-0.15, -0.1) is 11.8 Å². The van der Waals surface area contributed by atoms with Gasteiger partial charge in [-0.05, 0) is 54.1 Å². The molecular formula is C22H18N2O2S. The lowest BCUT2D eigenvalue weighted by Gasteiger charge is -2.09. The molecule has 0 fully saturated rings. The van der Waals surface area contributed by atoms with E-state index < -0.39 is 0 Å². The van der Waals surface area contributed by atoms with Crippen LogP contribution in [0.3, 0.4) is 0 Å². The van der Waals surface area contributed by atoms with Crippen molar-refractivity contribution in [2.45, 2.75) is 11.4 Å². The highest BCUT2D eigenvalue weighted by Crippen LogP contribution is 2.22. The standard InChI is InChI=1S/C22H18N2O2S/c23-14-17-9-11-21(12-10-17)27-16-22(25)24-15-18-5-4-8-20(13-18)26-19-6-2-1-3-7-19/h1-13H,15-16H2,(H,24,25). The number of nitriles is 1. The summed E-state index contributed by atoms with van der Waals surface area (Å²) in [7, 11) is 0. The molecule has 0 heterocycles. The molecule has 4 nitrogen and oxygen atoms in total. The van der Waals surface area contributed by atoms with Crippen molar-refractivity contribution in [2.75, 3.05) is 5.75 Å². The van der Waals surface area contributed by atoms with Crippen molar-refractivity contribution in [1.82, 2.24) is 5.32 Å². The summed E-state index contributed by atoms with van der Waals surface area (Å²) in [5.74, 6) is 1.79. The molecule has 5 heteroatoms. The van der Waals surface area contributed by atoms with Gasteiger partial charge in [0.2, 0.25) is 5.91 Å². The van der Waals surface area contributed by atoms with Crippen molar-refractivity contribution in [2.24, 2.45) is 0 Å². The first kappa shape index (κ1) is 18.6. The van der Waals surface area contributed by atoms with E-state index in [1.807, 2.05) is 66.7 Å². The maximum absolute atomic E-state index is 12.1. The van der Waals surface area contributed by atoms with E-state index in [-0.39, 0.29) is 5.91 Å². The summed E-state index contributed by atoms with van der Waals surface area (Å²) in [5.41, 5.74) is 1.58. The molecule has 0 spiro atoms. The summed E-state index contributed by atoms with van der Waals surface area (Å²) in [6, 6.07) is 26.5. The zero-order valence-corrected chi connectivity index (χ0v) is 15.4. The highest BCUT2D eigenvalue weighted by molar-refractivity contribution is 8.00. The molecule has 1 N–H and O–H groups in total. The minimum Gasteiger partial charge on any atom is -0.457 e. The van der Waals surface area contributed by atoms with E-state index in [9.17, 15) is 4.79 Å². The van der Waals surface area contributed by atoms with E-state index >= 15 is 0 Å². The molecule has 0 aliphatic carbocycles. The van der Waals surface area contributed by atoms with Crippen LogP contribution < -0.4 is 10.1 Å². The molecule has 3 aromatic carbocycles. The highest BCUT2D eigenvalue weighted by Gasteiger charge is 2.04. The van der Waals surface area contributed by atoms with Crippen molar-refractivity contribution < 1.29 is 9.53 Å². The Labute approximate surface area is 162 Å². The average Bonchev–Trinajstić information content (AvgIpc) is 2.72. The minimum atomic E-state index is -0.0428. The van der Waals surface area contributed by atoms with E-state index in [0.717, 1.165) is 22.0 Å². The molecule has 0 unspecified atom stereocenters. The third-order valence-corrected chi connectivity index (χ3v) is 4.73. The number of para-hydroxylation sites is 1. The zero-order chi connectivity index (χ0) is 18.9. The number of ether oxygens (including phenoxy) is 1. The number of hydrogen-bond donors (Lipinski definition) is 1. The minimum absolute atomic E-state index is 0.0428. The number of nitrogens with one attached hydrogen (secondary N) is 1. The topological polar surface area (TPSA) is 62.1 Å². The average molecular weight is 374 g/mol. The molecule has 0 saturated heterocycles. The van der Waals surface area contributed by atoms with Crippen LogP contribution in [0.15, 0.2) is 83.8 Å². The lowest BCUT2D eigenvalue weighted by molar-refractivity contribution is -0.118. The van der Waals surface area contributed by atoms with Gasteiger partial charge in [0.1, 0.15) is 11.5 Å². The van der Waals surface area contributed by atoms with Crippen LogP contribution in [0.2, 0.25) is 0 Å². The van der Waals surface area contributed by atoms with E-state index in [1.165, 1.54) is 11.8 Å². The predicted molar refractivity (Wildman–Crippen MR) is 107 cm³/mol. The highest BCUT2D eigenvalue weighted by atomic mass is 32.2. The number of carbonyl (C=O) groups excluding carboxylic acids is 1. The van der Waals surface area contributed by atoms with Crippen LogP contribution in [0.5, 0.6) is 11.5 Å². The molecule has 1 amide bonds. The Morgan fingerprint density at radius 2 is 1.70 bits per heavy atom. The van der Waals surface area contributed by atoms with Crippen LogP contribution in [0, 0.1) is 11.3 Å². The van der Waals surface area contributed by atoms with Crippen LogP contribution in [0.4, 0.5) is 0 Å². The van der Waals surface area contributed by atoms with Crippen LogP contribution >= 0.6 is 11.8 Å².